The summed E-state index contributed by atoms with van der Waals surface area (Å²) in [6, 6.07) is 7.29. The number of nitrogens with zero attached hydrogens (tertiary/aromatic N) is 1. The molecule has 7 heteroatoms. The number of H-pyrrole nitrogens is 1. The van der Waals surface area contributed by atoms with Crippen LogP contribution in [0, 0.1) is 5.41 Å². The molecule has 7 nitrogen and oxygen atoms in total. The highest BCUT2D eigenvalue weighted by Crippen LogP contribution is 2.27. The van der Waals surface area contributed by atoms with Gasteiger partial charge in [0.25, 0.3) is 0 Å². The van der Waals surface area contributed by atoms with Gasteiger partial charge >= 0.3 is 0 Å². The number of aromatic nitrogens is 2. The van der Waals surface area contributed by atoms with Crippen molar-refractivity contribution in [2.75, 3.05) is 19.5 Å². The molecule has 0 atom stereocenters. The number of ether oxygens (including phenoxy) is 2. The van der Waals surface area contributed by atoms with Gasteiger partial charge in [-0.15, -0.1) is 0 Å². The summed E-state index contributed by atoms with van der Waals surface area (Å²) >= 11 is 0. The molecular weight excluding hydrogens is 258 g/mol. The summed E-state index contributed by atoms with van der Waals surface area (Å²) in [4.78, 5) is 0. The lowest BCUT2D eigenvalue weighted by molar-refractivity contribution is 0.384. The predicted molar refractivity (Wildman–Crippen MR) is 76.3 cm³/mol. The summed E-state index contributed by atoms with van der Waals surface area (Å²) in [5.41, 5.74) is 0.853. The summed E-state index contributed by atoms with van der Waals surface area (Å²) in [6.07, 6.45) is 1.68. The maximum Gasteiger partial charge on any atom is 0.194 e. The molecule has 2 rings (SSSR count). The molecule has 2 aromatic rings. The molecule has 0 aliphatic carbocycles. The Balaban J connectivity index is 2.01. The summed E-state index contributed by atoms with van der Waals surface area (Å²) in [5, 5.41) is 20.2. The lowest BCUT2D eigenvalue weighted by Crippen LogP contribution is -2.29. The van der Waals surface area contributed by atoms with Gasteiger partial charge in [0.05, 0.1) is 26.3 Å². The number of hydrogen-bond acceptors (Lipinski definition) is 4. The van der Waals surface area contributed by atoms with E-state index in [0.717, 1.165) is 5.56 Å². The molecule has 0 radical (unpaired) electrons. The van der Waals surface area contributed by atoms with Crippen molar-refractivity contribution in [2.45, 2.75) is 6.54 Å². The molecule has 0 unspecified atom stereocenters. The van der Waals surface area contributed by atoms with Gasteiger partial charge in [0.15, 0.2) is 11.8 Å². The van der Waals surface area contributed by atoms with Gasteiger partial charge in [0, 0.05) is 12.3 Å². The molecule has 1 aromatic carbocycles. The van der Waals surface area contributed by atoms with Gasteiger partial charge in [0.2, 0.25) is 0 Å². The van der Waals surface area contributed by atoms with Crippen molar-refractivity contribution in [3.63, 3.8) is 0 Å². The number of rotatable bonds is 5. The average Bonchev–Trinajstić information content (AvgIpc) is 2.97. The monoisotopic (exact) mass is 275 g/mol. The highest BCUT2D eigenvalue weighted by molar-refractivity contribution is 5.90. The second-order valence-corrected chi connectivity index (χ2v) is 3.95. The van der Waals surface area contributed by atoms with Crippen LogP contribution in [0.1, 0.15) is 5.56 Å². The fraction of sp³-hybridized carbons (Fsp3) is 0.231. The molecule has 106 valence electrons. The zero-order valence-electron chi connectivity index (χ0n) is 11.4. The summed E-state index contributed by atoms with van der Waals surface area (Å²) < 4.78 is 10.6. The summed E-state index contributed by atoms with van der Waals surface area (Å²) in [5.74, 6) is 2.15. The van der Waals surface area contributed by atoms with Crippen molar-refractivity contribution >= 4 is 11.8 Å². The molecule has 0 fully saturated rings. The van der Waals surface area contributed by atoms with E-state index in [4.69, 9.17) is 14.9 Å². The van der Waals surface area contributed by atoms with Crippen molar-refractivity contribution < 1.29 is 9.47 Å². The number of benzene rings is 1. The molecule has 0 aliphatic rings. The minimum atomic E-state index is 0.144. The van der Waals surface area contributed by atoms with E-state index < -0.39 is 0 Å². The van der Waals surface area contributed by atoms with Crippen LogP contribution in [0.2, 0.25) is 0 Å². The summed E-state index contributed by atoms with van der Waals surface area (Å²) in [7, 11) is 3.21. The molecule has 0 spiro atoms. The van der Waals surface area contributed by atoms with Gasteiger partial charge in [0.1, 0.15) is 11.5 Å². The highest BCUT2D eigenvalue weighted by atomic mass is 16.5. The molecule has 1 heterocycles. The fourth-order valence-electron chi connectivity index (χ4n) is 1.78. The molecular formula is C13H17N5O2. The van der Waals surface area contributed by atoms with Crippen LogP contribution in [0.5, 0.6) is 11.5 Å². The van der Waals surface area contributed by atoms with Gasteiger partial charge in [-0.05, 0) is 12.1 Å². The van der Waals surface area contributed by atoms with Crippen molar-refractivity contribution in [1.29, 1.82) is 5.41 Å². The van der Waals surface area contributed by atoms with E-state index in [1.54, 1.807) is 26.5 Å². The van der Waals surface area contributed by atoms with Gasteiger partial charge < -0.3 is 20.1 Å². The lowest BCUT2D eigenvalue weighted by Gasteiger charge is -2.14. The quantitative estimate of drug-likeness (QED) is 0.491. The van der Waals surface area contributed by atoms with Crippen LogP contribution < -0.4 is 20.1 Å². The lowest BCUT2D eigenvalue weighted by atomic mass is 10.1. The Morgan fingerprint density at radius 1 is 1.25 bits per heavy atom. The predicted octanol–water partition coefficient (Wildman–Crippen LogP) is 1.56. The Morgan fingerprint density at radius 2 is 1.95 bits per heavy atom. The molecule has 0 saturated carbocycles. The number of aromatic amines is 1. The van der Waals surface area contributed by atoms with E-state index in [1.807, 2.05) is 18.2 Å². The third-order valence-corrected chi connectivity index (χ3v) is 2.73. The molecule has 20 heavy (non-hydrogen) atoms. The van der Waals surface area contributed by atoms with Gasteiger partial charge in [-0.3, -0.25) is 10.5 Å². The van der Waals surface area contributed by atoms with E-state index in [0.29, 0.717) is 23.9 Å². The fourth-order valence-corrected chi connectivity index (χ4v) is 1.78. The van der Waals surface area contributed by atoms with E-state index in [-0.39, 0.29) is 5.96 Å². The number of nitrogens with one attached hydrogen (secondary N) is 4. The van der Waals surface area contributed by atoms with E-state index in [2.05, 4.69) is 20.8 Å². The molecule has 0 amide bonds. The smallest absolute Gasteiger partial charge is 0.194 e. The zero-order chi connectivity index (χ0) is 14.4. The SMILES string of the molecule is COc1cccc(OC)c1CNC(=N)Nc1cc[nH]n1. The van der Waals surface area contributed by atoms with Crippen LogP contribution in [-0.4, -0.2) is 30.4 Å². The first-order valence-electron chi connectivity index (χ1n) is 6.03. The van der Waals surface area contributed by atoms with Gasteiger partial charge in [-0.1, -0.05) is 6.07 Å². The maximum absolute atomic E-state index is 7.81. The third kappa shape index (κ3) is 3.19. The second kappa shape index (κ2) is 6.46. The zero-order valence-corrected chi connectivity index (χ0v) is 11.4. The molecule has 0 saturated heterocycles. The van der Waals surface area contributed by atoms with Crippen LogP contribution >= 0.6 is 0 Å². The van der Waals surface area contributed by atoms with E-state index >= 15 is 0 Å². The first-order chi connectivity index (χ1) is 9.74. The topological polar surface area (TPSA) is 95.0 Å². The molecule has 0 aliphatic heterocycles. The standard InChI is InChI=1S/C13H17N5O2/c1-19-10-4-3-5-11(20-2)9(10)8-15-13(14)17-12-6-7-16-18-12/h3-7H,8H2,1-2H3,(H4,14,15,16,17,18). The van der Waals surface area contributed by atoms with Crippen LogP contribution in [0.4, 0.5) is 5.82 Å². The van der Waals surface area contributed by atoms with Crippen molar-refractivity contribution in [3.05, 3.63) is 36.0 Å². The van der Waals surface area contributed by atoms with Gasteiger partial charge in [-0.25, -0.2) is 0 Å². The highest BCUT2D eigenvalue weighted by Gasteiger charge is 2.10. The Morgan fingerprint density at radius 3 is 2.50 bits per heavy atom. The normalized spacial score (nSPS) is 9.90. The van der Waals surface area contributed by atoms with Crippen LogP contribution in [0.25, 0.3) is 0 Å². The Labute approximate surface area is 116 Å². The van der Waals surface area contributed by atoms with E-state index in [9.17, 15) is 0 Å². The van der Waals surface area contributed by atoms with Crippen molar-refractivity contribution in [1.82, 2.24) is 15.5 Å². The first-order valence-corrected chi connectivity index (χ1v) is 6.03. The number of methoxy groups -OCH3 is 2. The van der Waals surface area contributed by atoms with Crippen molar-refractivity contribution in [2.24, 2.45) is 0 Å². The van der Waals surface area contributed by atoms with Gasteiger partial charge in [-0.2, -0.15) is 5.10 Å². The van der Waals surface area contributed by atoms with Crippen LogP contribution in [0.3, 0.4) is 0 Å². The summed E-state index contributed by atoms with van der Waals surface area (Å²) in [6.45, 7) is 0.406. The molecule has 0 bridgehead atoms. The third-order valence-electron chi connectivity index (χ3n) is 2.73. The van der Waals surface area contributed by atoms with E-state index in [1.165, 1.54) is 0 Å². The average molecular weight is 275 g/mol. The molecule has 1 aromatic heterocycles. The second-order valence-electron chi connectivity index (χ2n) is 3.95. The largest absolute Gasteiger partial charge is 0.496 e. The Hall–Kier alpha value is -2.70. The molecule has 4 N–H and O–H groups in total. The Kier molecular flexibility index (Phi) is 4.43. The number of guanidine groups is 1. The minimum Gasteiger partial charge on any atom is -0.496 e. The van der Waals surface area contributed by atoms with Crippen molar-refractivity contribution in [3.8, 4) is 11.5 Å². The van der Waals surface area contributed by atoms with Crippen LogP contribution in [0.15, 0.2) is 30.5 Å². The maximum atomic E-state index is 7.81. The minimum absolute atomic E-state index is 0.144. The Bertz CT molecular complexity index is 546. The number of anilines is 1. The van der Waals surface area contributed by atoms with Crippen LogP contribution in [-0.2, 0) is 6.54 Å². The first kappa shape index (κ1) is 13.7. The number of hydrogen-bond donors (Lipinski definition) is 4.